The van der Waals surface area contributed by atoms with Crippen LogP contribution >= 0.6 is 0 Å². The van der Waals surface area contributed by atoms with Crippen LogP contribution in [0.4, 0.5) is 5.69 Å². The molecule has 0 bridgehead atoms. The molecule has 4 rings (SSSR count). The topological polar surface area (TPSA) is 48.0 Å². The third kappa shape index (κ3) is 5.29. The Bertz CT molecular complexity index is 1170. The van der Waals surface area contributed by atoms with Crippen molar-refractivity contribution in [3.8, 4) is 17.2 Å². The molecule has 0 heterocycles. The van der Waals surface area contributed by atoms with Crippen LogP contribution in [0.1, 0.15) is 60.8 Å². The molecule has 0 radical (unpaired) electrons. The Morgan fingerprint density at radius 3 is 2.31 bits per heavy atom. The Morgan fingerprint density at radius 1 is 0.914 bits per heavy atom. The highest BCUT2D eigenvalue weighted by molar-refractivity contribution is 5.98. The molecule has 1 unspecified atom stereocenters. The van der Waals surface area contributed by atoms with Crippen LogP contribution in [0.15, 0.2) is 60.7 Å². The Labute approximate surface area is 208 Å². The van der Waals surface area contributed by atoms with E-state index in [1.165, 1.54) is 11.1 Å². The van der Waals surface area contributed by atoms with Gasteiger partial charge in [-0.2, -0.15) is 0 Å². The summed E-state index contributed by atoms with van der Waals surface area (Å²) in [6.07, 6.45) is 2.81. The highest BCUT2D eigenvalue weighted by Gasteiger charge is 2.31. The van der Waals surface area contributed by atoms with Gasteiger partial charge in [0.25, 0.3) is 0 Å². The molecule has 3 aromatic carbocycles. The van der Waals surface area contributed by atoms with Crippen LogP contribution in [0, 0.1) is 0 Å². The van der Waals surface area contributed by atoms with Gasteiger partial charge in [-0.25, -0.2) is 0 Å². The number of carbonyl (C=O) groups excluding carboxylic acids is 1. The van der Waals surface area contributed by atoms with Crippen LogP contribution < -0.4 is 19.1 Å². The number of carbonyl (C=O) groups is 1. The minimum Gasteiger partial charge on any atom is -0.497 e. The minimum absolute atomic E-state index is 0.103. The first-order valence-electron chi connectivity index (χ1n) is 12.2. The van der Waals surface area contributed by atoms with Crippen LogP contribution in [0.25, 0.3) is 0 Å². The fourth-order valence-electron chi connectivity index (χ4n) is 4.85. The lowest BCUT2D eigenvalue weighted by molar-refractivity contribution is -0.120. The quantitative estimate of drug-likeness (QED) is 0.375. The first kappa shape index (κ1) is 24.6. The van der Waals surface area contributed by atoms with Gasteiger partial charge in [-0.3, -0.25) is 4.79 Å². The van der Waals surface area contributed by atoms with E-state index in [0.29, 0.717) is 24.0 Å². The van der Waals surface area contributed by atoms with Crippen LogP contribution in [-0.2, 0) is 17.8 Å². The van der Waals surface area contributed by atoms with Gasteiger partial charge >= 0.3 is 0 Å². The zero-order chi connectivity index (χ0) is 24.9. The molecule has 5 heteroatoms. The molecule has 0 saturated heterocycles. The van der Waals surface area contributed by atoms with Gasteiger partial charge in [0.15, 0.2) is 11.5 Å². The normalized spacial score (nSPS) is 14.9. The van der Waals surface area contributed by atoms with Crippen molar-refractivity contribution in [2.24, 2.45) is 0 Å². The van der Waals surface area contributed by atoms with E-state index >= 15 is 0 Å². The highest BCUT2D eigenvalue weighted by atomic mass is 16.5. The van der Waals surface area contributed by atoms with Gasteiger partial charge < -0.3 is 19.1 Å². The summed E-state index contributed by atoms with van der Waals surface area (Å²) in [5, 5.41) is 0. The van der Waals surface area contributed by atoms with E-state index in [0.717, 1.165) is 41.8 Å². The van der Waals surface area contributed by atoms with E-state index in [2.05, 4.69) is 44.2 Å². The zero-order valence-electron chi connectivity index (χ0n) is 21.3. The summed E-state index contributed by atoms with van der Waals surface area (Å²) >= 11 is 0. The van der Waals surface area contributed by atoms with E-state index in [-0.39, 0.29) is 11.8 Å². The molecule has 0 aromatic heterocycles. The molecular weight excluding hydrogens is 438 g/mol. The second-order valence-corrected chi connectivity index (χ2v) is 9.37. The minimum atomic E-state index is -0.209. The number of fused-ring (bicyclic) bond motifs is 1. The summed E-state index contributed by atoms with van der Waals surface area (Å²) in [5.41, 5.74) is 5.43. The molecule has 0 aliphatic heterocycles. The van der Waals surface area contributed by atoms with Gasteiger partial charge in [-0.15, -0.1) is 0 Å². The summed E-state index contributed by atoms with van der Waals surface area (Å²) in [5.74, 6) is 2.43. The molecule has 1 atom stereocenters. The smallest absolute Gasteiger partial charge is 0.234 e. The second kappa shape index (κ2) is 10.9. The largest absolute Gasteiger partial charge is 0.497 e. The van der Waals surface area contributed by atoms with Crippen LogP contribution in [-0.4, -0.2) is 27.2 Å². The van der Waals surface area contributed by atoms with Crippen molar-refractivity contribution in [3.05, 3.63) is 82.9 Å². The van der Waals surface area contributed by atoms with Gasteiger partial charge in [0.2, 0.25) is 5.91 Å². The predicted octanol–water partition coefficient (Wildman–Crippen LogP) is 6.49. The van der Waals surface area contributed by atoms with E-state index < -0.39 is 0 Å². The number of rotatable bonds is 8. The van der Waals surface area contributed by atoms with Crippen molar-refractivity contribution in [1.29, 1.82) is 0 Å². The first-order valence-corrected chi connectivity index (χ1v) is 12.2. The standard InChI is InChI=1S/C30H35NO4/c1-20(2)22-10-13-24(14-11-22)31(19-21-9-16-28(34-4)29(17-21)35-5)30(32)26-8-6-7-23-12-15-25(33-3)18-27(23)26/h9-18,20,26H,6-8,19H2,1-5H3. The predicted molar refractivity (Wildman–Crippen MR) is 140 cm³/mol. The fraction of sp³-hybridized carbons (Fsp3) is 0.367. The van der Waals surface area contributed by atoms with Crippen molar-refractivity contribution in [2.45, 2.75) is 51.5 Å². The van der Waals surface area contributed by atoms with Crippen molar-refractivity contribution in [2.75, 3.05) is 26.2 Å². The Balaban J connectivity index is 1.73. The number of nitrogens with zero attached hydrogens (tertiary/aromatic N) is 1. The molecule has 0 fully saturated rings. The number of hydrogen-bond acceptors (Lipinski definition) is 4. The molecule has 0 N–H and O–H groups in total. The van der Waals surface area contributed by atoms with Gasteiger partial charge in [-0.05, 0) is 83.8 Å². The van der Waals surface area contributed by atoms with Crippen LogP contribution in [0.3, 0.4) is 0 Å². The van der Waals surface area contributed by atoms with Gasteiger partial charge in [-0.1, -0.05) is 38.1 Å². The summed E-state index contributed by atoms with van der Waals surface area (Å²) < 4.78 is 16.4. The van der Waals surface area contributed by atoms with Crippen LogP contribution in [0.2, 0.25) is 0 Å². The maximum absolute atomic E-state index is 14.2. The zero-order valence-corrected chi connectivity index (χ0v) is 21.3. The molecule has 184 valence electrons. The lowest BCUT2D eigenvalue weighted by atomic mass is 9.81. The number of aryl methyl sites for hydroxylation is 1. The SMILES string of the molecule is COc1ccc2c(c1)C(C(=O)N(Cc1ccc(OC)c(OC)c1)c1ccc(C(C)C)cc1)CCC2. The van der Waals surface area contributed by atoms with E-state index in [4.69, 9.17) is 14.2 Å². The number of methoxy groups -OCH3 is 3. The molecule has 1 amide bonds. The van der Waals surface area contributed by atoms with Crippen molar-refractivity contribution in [3.63, 3.8) is 0 Å². The molecule has 3 aromatic rings. The van der Waals surface area contributed by atoms with Gasteiger partial charge in [0.1, 0.15) is 5.75 Å². The third-order valence-corrected chi connectivity index (χ3v) is 6.89. The van der Waals surface area contributed by atoms with Gasteiger partial charge in [0, 0.05) is 5.69 Å². The van der Waals surface area contributed by atoms with Crippen molar-refractivity contribution >= 4 is 11.6 Å². The lowest BCUT2D eigenvalue weighted by Gasteiger charge is -2.31. The Hall–Kier alpha value is -3.47. The van der Waals surface area contributed by atoms with Crippen molar-refractivity contribution < 1.29 is 19.0 Å². The van der Waals surface area contributed by atoms with Gasteiger partial charge in [0.05, 0.1) is 33.8 Å². The molecule has 0 spiro atoms. The molecule has 5 nitrogen and oxygen atoms in total. The second-order valence-electron chi connectivity index (χ2n) is 9.37. The van der Waals surface area contributed by atoms with E-state index in [1.807, 2.05) is 35.2 Å². The summed E-state index contributed by atoms with van der Waals surface area (Å²) in [6.45, 7) is 4.79. The van der Waals surface area contributed by atoms with Crippen LogP contribution in [0.5, 0.6) is 17.2 Å². The number of benzene rings is 3. The molecule has 0 saturated carbocycles. The molecule has 35 heavy (non-hydrogen) atoms. The number of amides is 1. The molecule has 1 aliphatic rings. The maximum atomic E-state index is 14.2. The monoisotopic (exact) mass is 473 g/mol. The Morgan fingerprint density at radius 2 is 1.66 bits per heavy atom. The van der Waals surface area contributed by atoms with Crippen molar-refractivity contribution in [1.82, 2.24) is 0 Å². The summed E-state index contributed by atoms with van der Waals surface area (Å²) in [6, 6.07) is 20.3. The Kier molecular flexibility index (Phi) is 7.64. The molecule has 1 aliphatic carbocycles. The number of hydrogen-bond donors (Lipinski definition) is 0. The highest BCUT2D eigenvalue weighted by Crippen LogP contribution is 2.37. The third-order valence-electron chi connectivity index (χ3n) is 6.89. The number of ether oxygens (including phenoxy) is 3. The first-order chi connectivity index (χ1) is 16.9. The average Bonchev–Trinajstić information content (AvgIpc) is 2.90. The fourth-order valence-corrected chi connectivity index (χ4v) is 4.85. The van der Waals surface area contributed by atoms with E-state index in [9.17, 15) is 4.79 Å². The maximum Gasteiger partial charge on any atom is 0.234 e. The van der Waals surface area contributed by atoms with E-state index in [1.54, 1.807) is 21.3 Å². The lowest BCUT2D eigenvalue weighted by Crippen LogP contribution is -2.36. The molecular formula is C30H35NO4. The summed E-state index contributed by atoms with van der Waals surface area (Å²) in [4.78, 5) is 16.1. The number of anilines is 1. The summed E-state index contributed by atoms with van der Waals surface area (Å²) in [7, 11) is 4.92. The average molecular weight is 474 g/mol.